The van der Waals surface area contributed by atoms with Gasteiger partial charge < -0.3 is 9.88 Å². The molecule has 19 heavy (non-hydrogen) atoms. The third-order valence-electron chi connectivity index (χ3n) is 4.51. The fourth-order valence-electron chi connectivity index (χ4n) is 3.50. The van der Waals surface area contributed by atoms with E-state index in [0.29, 0.717) is 6.04 Å². The van der Waals surface area contributed by atoms with Crippen molar-refractivity contribution in [2.75, 3.05) is 19.6 Å². The Balaban J connectivity index is 1.50. The third kappa shape index (κ3) is 2.90. The van der Waals surface area contributed by atoms with Gasteiger partial charge in [0.2, 0.25) is 0 Å². The topological polar surface area (TPSA) is 37.3 Å². The highest BCUT2D eigenvalue weighted by molar-refractivity contribution is 4.95. The lowest BCUT2D eigenvalue weighted by molar-refractivity contribution is 0.180. The number of aromatic nitrogens is 1. The fourth-order valence-corrected chi connectivity index (χ4v) is 3.50. The summed E-state index contributed by atoms with van der Waals surface area (Å²) in [6.45, 7) is 4.18. The van der Waals surface area contributed by atoms with Gasteiger partial charge in [-0.1, -0.05) is 12.5 Å². The minimum absolute atomic E-state index is 0.0926. The largest absolute Gasteiger partial charge is 0.314 e. The molecule has 2 atom stereocenters. The maximum Gasteiger partial charge on any atom is 0.250 e. The molecular weight excluding hydrogens is 238 g/mol. The van der Waals surface area contributed by atoms with E-state index in [-0.39, 0.29) is 5.56 Å². The Bertz CT molecular complexity index is 470. The molecule has 0 aliphatic carbocycles. The molecule has 1 aromatic rings. The van der Waals surface area contributed by atoms with Gasteiger partial charge in [-0.15, -0.1) is 0 Å². The van der Waals surface area contributed by atoms with Gasteiger partial charge in [-0.05, 0) is 31.9 Å². The number of piperidine rings is 1. The van der Waals surface area contributed by atoms with Crippen molar-refractivity contribution in [2.45, 2.75) is 44.3 Å². The third-order valence-corrected chi connectivity index (χ3v) is 4.51. The average molecular weight is 261 g/mol. The van der Waals surface area contributed by atoms with Crippen LogP contribution in [0.3, 0.4) is 0 Å². The van der Waals surface area contributed by atoms with Crippen LogP contribution in [0.4, 0.5) is 0 Å². The van der Waals surface area contributed by atoms with E-state index < -0.39 is 0 Å². The molecule has 2 aliphatic heterocycles. The molecule has 0 aromatic carbocycles. The highest BCUT2D eigenvalue weighted by Gasteiger charge is 2.34. The number of pyridine rings is 1. The molecule has 2 aliphatic rings. The monoisotopic (exact) mass is 261 g/mol. The summed E-state index contributed by atoms with van der Waals surface area (Å²) in [4.78, 5) is 14.2. The number of fused-ring (bicyclic) bond motifs is 1. The van der Waals surface area contributed by atoms with Gasteiger partial charge >= 0.3 is 0 Å². The summed E-state index contributed by atoms with van der Waals surface area (Å²) < 4.78 is 1.78. The second-order valence-electron chi connectivity index (χ2n) is 5.68. The van der Waals surface area contributed by atoms with Gasteiger partial charge in [0.15, 0.2) is 0 Å². The van der Waals surface area contributed by atoms with E-state index in [0.717, 1.165) is 19.1 Å². The van der Waals surface area contributed by atoms with Crippen LogP contribution in [0.25, 0.3) is 0 Å². The van der Waals surface area contributed by atoms with Gasteiger partial charge in [-0.2, -0.15) is 0 Å². The summed E-state index contributed by atoms with van der Waals surface area (Å²) in [5.41, 5.74) is 0.0926. The summed E-state index contributed by atoms with van der Waals surface area (Å²) in [7, 11) is 0. The van der Waals surface area contributed by atoms with E-state index in [1.807, 2.05) is 12.3 Å². The van der Waals surface area contributed by atoms with E-state index in [9.17, 15) is 4.79 Å². The fraction of sp³-hybridized carbons (Fsp3) is 0.667. The first-order chi connectivity index (χ1) is 9.34. The molecule has 0 spiro atoms. The first-order valence-electron chi connectivity index (χ1n) is 7.47. The summed E-state index contributed by atoms with van der Waals surface area (Å²) in [5, 5.41) is 3.66. The molecule has 3 rings (SSSR count). The van der Waals surface area contributed by atoms with E-state index in [1.54, 1.807) is 16.7 Å². The highest BCUT2D eigenvalue weighted by atomic mass is 16.1. The van der Waals surface area contributed by atoms with Gasteiger partial charge in [0.05, 0.1) is 0 Å². The lowest BCUT2D eigenvalue weighted by atomic mass is 9.99. The SMILES string of the molecule is O=c1ccccn1CCNC1CCN2CCCCC12. The van der Waals surface area contributed by atoms with Crippen molar-refractivity contribution >= 4 is 0 Å². The zero-order chi connectivity index (χ0) is 13.1. The second-order valence-corrected chi connectivity index (χ2v) is 5.68. The molecule has 4 heteroatoms. The van der Waals surface area contributed by atoms with Crippen LogP contribution in [0.5, 0.6) is 0 Å². The molecule has 2 unspecified atom stereocenters. The lowest BCUT2D eigenvalue weighted by Gasteiger charge is -2.32. The maximum absolute atomic E-state index is 11.6. The van der Waals surface area contributed by atoms with Gasteiger partial charge in [0.25, 0.3) is 5.56 Å². The van der Waals surface area contributed by atoms with Crippen molar-refractivity contribution in [1.29, 1.82) is 0 Å². The molecule has 2 fully saturated rings. The van der Waals surface area contributed by atoms with E-state index in [2.05, 4.69) is 10.2 Å². The number of rotatable bonds is 4. The normalized spacial score (nSPS) is 27.4. The molecule has 0 radical (unpaired) electrons. The maximum atomic E-state index is 11.6. The number of nitrogens with one attached hydrogen (secondary N) is 1. The molecular formula is C15H23N3O. The Hall–Kier alpha value is -1.13. The summed E-state index contributed by atoms with van der Waals surface area (Å²) in [6.07, 6.45) is 7.20. The molecule has 3 heterocycles. The first-order valence-corrected chi connectivity index (χ1v) is 7.47. The van der Waals surface area contributed by atoms with Crippen molar-refractivity contribution in [3.05, 3.63) is 34.7 Å². The van der Waals surface area contributed by atoms with Gasteiger partial charge in [0.1, 0.15) is 0 Å². The van der Waals surface area contributed by atoms with Crippen LogP contribution in [0.1, 0.15) is 25.7 Å². The molecule has 104 valence electrons. The van der Waals surface area contributed by atoms with Crippen LogP contribution in [-0.2, 0) is 6.54 Å². The molecule has 2 saturated heterocycles. The molecule has 0 saturated carbocycles. The van der Waals surface area contributed by atoms with Crippen LogP contribution in [0, 0.1) is 0 Å². The molecule has 1 N–H and O–H groups in total. The van der Waals surface area contributed by atoms with Gasteiger partial charge in [-0.25, -0.2) is 0 Å². The molecule has 0 bridgehead atoms. The van der Waals surface area contributed by atoms with Crippen LogP contribution in [0.15, 0.2) is 29.2 Å². The molecule has 1 aromatic heterocycles. The minimum atomic E-state index is 0.0926. The van der Waals surface area contributed by atoms with Crippen LogP contribution in [-0.4, -0.2) is 41.2 Å². The van der Waals surface area contributed by atoms with Crippen molar-refractivity contribution < 1.29 is 0 Å². The smallest absolute Gasteiger partial charge is 0.250 e. The average Bonchev–Trinajstić information content (AvgIpc) is 2.85. The van der Waals surface area contributed by atoms with E-state index in [1.165, 1.54) is 38.8 Å². The van der Waals surface area contributed by atoms with E-state index >= 15 is 0 Å². The minimum Gasteiger partial charge on any atom is -0.314 e. The standard InChI is InChI=1S/C15H23N3O/c19-15-6-2-4-10-18(15)12-8-16-13-7-11-17-9-3-1-5-14(13)17/h2,4,6,10,13-14,16H,1,3,5,7-9,11-12H2. The lowest BCUT2D eigenvalue weighted by Crippen LogP contribution is -2.45. The van der Waals surface area contributed by atoms with Crippen molar-refractivity contribution in [2.24, 2.45) is 0 Å². The van der Waals surface area contributed by atoms with Crippen molar-refractivity contribution in [3.8, 4) is 0 Å². The van der Waals surface area contributed by atoms with E-state index in [4.69, 9.17) is 0 Å². The van der Waals surface area contributed by atoms with Crippen LogP contribution in [0.2, 0.25) is 0 Å². The second kappa shape index (κ2) is 5.88. The predicted molar refractivity (Wildman–Crippen MR) is 76.3 cm³/mol. The summed E-state index contributed by atoms with van der Waals surface area (Å²) in [6, 6.07) is 6.70. The number of hydrogen-bond donors (Lipinski definition) is 1. The van der Waals surface area contributed by atoms with Gasteiger partial charge in [-0.3, -0.25) is 9.69 Å². The highest BCUT2D eigenvalue weighted by Crippen LogP contribution is 2.26. The Morgan fingerprint density at radius 3 is 3.05 bits per heavy atom. The zero-order valence-corrected chi connectivity index (χ0v) is 11.4. The first kappa shape index (κ1) is 12.9. The Kier molecular flexibility index (Phi) is 3.99. The molecule has 4 nitrogen and oxygen atoms in total. The Labute approximate surface area is 114 Å². The summed E-state index contributed by atoms with van der Waals surface area (Å²) >= 11 is 0. The van der Waals surface area contributed by atoms with Crippen molar-refractivity contribution in [1.82, 2.24) is 14.8 Å². The number of hydrogen-bond acceptors (Lipinski definition) is 3. The number of nitrogens with zero attached hydrogens (tertiary/aromatic N) is 2. The van der Waals surface area contributed by atoms with Crippen molar-refractivity contribution in [3.63, 3.8) is 0 Å². The zero-order valence-electron chi connectivity index (χ0n) is 11.4. The quantitative estimate of drug-likeness (QED) is 0.881. The Morgan fingerprint density at radius 2 is 2.16 bits per heavy atom. The van der Waals surface area contributed by atoms with Crippen LogP contribution < -0.4 is 10.9 Å². The van der Waals surface area contributed by atoms with Gasteiger partial charge in [0, 0.05) is 44.0 Å². The van der Waals surface area contributed by atoms with Crippen LogP contribution >= 0.6 is 0 Å². The Morgan fingerprint density at radius 1 is 1.21 bits per heavy atom. The summed E-state index contributed by atoms with van der Waals surface area (Å²) in [5.74, 6) is 0. The predicted octanol–water partition coefficient (Wildman–Crippen LogP) is 1.06. The molecule has 0 amide bonds.